The van der Waals surface area contributed by atoms with E-state index >= 15 is 0 Å². The van der Waals surface area contributed by atoms with Gasteiger partial charge in [0.1, 0.15) is 5.69 Å². The van der Waals surface area contributed by atoms with Crippen molar-refractivity contribution in [3.63, 3.8) is 0 Å². The van der Waals surface area contributed by atoms with Crippen molar-refractivity contribution in [2.24, 2.45) is 0 Å². The smallest absolute Gasteiger partial charge is 0.293 e. The molecule has 0 fully saturated rings. The van der Waals surface area contributed by atoms with Crippen LogP contribution in [0.15, 0.2) is 42.5 Å². The Kier molecular flexibility index (Phi) is 5.58. The highest BCUT2D eigenvalue weighted by molar-refractivity contribution is 6.30. The van der Waals surface area contributed by atoms with Gasteiger partial charge < -0.3 is 5.32 Å². The molecule has 5 nitrogen and oxygen atoms in total. The molecule has 0 bridgehead atoms. The van der Waals surface area contributed by atoms with Crippen LogP contribution in [0.25, 0.3) is 0 Å². The fourth-order valence-electron chi connectivity index (χ4n) is 2.15. The Bertz CT molecular complexity index is 733. The highest BCUT2D eigenvalue weighted by atomic mass is 35.5. The monoisotopic (exact) mass is 352 g/mol. The third kappa shape index (κ3) is 4.68. The molecule has 0 aliphatic heterocycles. The first kappa shape index (κ1) is 17.2. The van der Waals surface area contributed by atoms with Crippen molar-refractivity contribution < 1.29 is 9.72 Å². The SMILES string of the molecule is CC(=O)Nc1ccc(CC(Cl)c2ccc(Cl)cc2)cc1[N+](=O)[O-]. The maximum atomic E-state index is 11.2. The van der Waals surface area contributed by atoms with E-state index in [-0.39, 0.29) is 22.7 Å². The Balaban J connectivity index is 2.22. The summed E-state index contributed by atoms with van der Waals surface area (Å²) in [4.78, 5) is 21.7. The molecular formula is C16H14Cl2N2O3. The summed E-state index contributed by atoms with van der Waals surface area (Å²) in [7, 11) is 0. The van der Waals surface area contributed by atoms with Crippen molar-refractivity contribution in [2.75, 3.05) is 5.32 Å². The molecule has 0 aliphatic carbocycles. The van der Waals surface area contributed by atoms with Crippen LogP contribution >= 0.6 is 23.2 Å². The van der Waals surface area contributed by atoms with E-state index in [4.69, 9.17) is 23.2 Å². The summed E-state index contributed by atoms with van der Waals surface area (Å²) in [6, 6.07) is 11.8. The summed E-state index contributed by atoms with van der Waals surface area (Å²) in [6.07, 6.45) is 0.421. The van der Waals surface area contributed by atoms with Gasteiger partial charge in [-0.25, -0.2) is 0 Å². The van der Waals surface area contributed by atoms with Gasteiger partial charge in [0.15, 0.2) is 0 Å². The second-order valence-corrected chi connectivity index (χ2v) is 5.98. The Morgan fingerprint density at radius 1 is 1.26 bits per heavy atom. The number of carbonyl (C=O) groups excluding carboxylic acids is 1. The lowest BCUT2D eigenvalue weighted by Gasteiger charge is -2.11. The van der Waals surface area contributed by atoms with Gasteiger partial charge >= 0.3 is 0 Å². The fraction of sp³-hybridized carbons (Fsp3) is 0.188. The van der Waals surface area contributed by atoms with Gasteiger partial charge in [-0.2, -0.15) is 0 Å². The third-order valence-corrected chi connectivity index (χ3v) is 3.87. The fourth-order valence-corrected chi connectivity index (χ4v) is 2.60. The van der Waals surface area contributed by atoms with Crippen LogP contribution in [0.2, 0.25) is 5.02 Å². The Labute approximate surface area is 143 Å². The van der Waals surface area contributed by atoms with Crippen LogP contribution < -0.4 is 5.32 Å². The molecule has 23 heavy (non-hydrogen) atoms. The summed E-state index contributed by atoms with van der Waals surface area (Å²) in [5.41, 5.74) is 1.60. The zero-order chi connectivity index (χ0) is 17.0. The number of nitro groups is 1. The second-order valence-electron chi connectivity index (χ2n) is 5.01. The minimum absolute atomic E-state index is 0.155. The molecular weight excluding hydrogens is 339 g/mol. The van der Waals surface area contributed by atoms with E-state index < -0.39 is 4.92 Å². The standard InChI is InChI=1S/C16H14Cl2N2O3/c1-10(21)19-15-7-2-11(9-16(15)20(22)23)8-14(18)12-3-5-13(17)6-4-12/h2-7,9,14H,8H2,1H3,(H,19,21). The number of alkyl halides is 1. The normalized spacial score (nSPS) is 11.8. The van der Waals surface area contributed by atoms with Crippen molar-refractivity contribution in [3.8, 4) is 0 Å². The lowest BCUT2D eigenvalue weighted by Crippen LogP contribution is -2.08. The first-order valence-electron chi connectivity index (χ1n) is 6.81. The van der Waals surface area contributed by atoms with Gasteiger partial charge in [-0.05, 0) is 35.7 Å². The first-order chi connectivity index (χ1) is 10.9. The molecule has 0 heterocycles. The number of nitro benzene ring substituents is 1. The molecule has 1 amide bonds. The van der Waals surface area contributed by atoms with Crippen LogP contribution in [0.5, 0.6) is 0 Å². The van der Waals surface area contributed by atoms with Gasteiger partial charge in [0.2, 0.25) is 5.91 Å². The average Bonchev–Trinajstić information content (AvgIpc) is 2.48. The number of amides is 1. The van der Waals surface area contributed by atoms with Crippen LogP contribution in [0.4, 0.5) is 11.4 Å². The van der Waals surface area contributed by atoms with Crippen LogP contribution in [-0.2, 0) is 11.2 Å². The summed E-state index contributed by atoms with van der Waals surface area (Å²) in [6.45, 7) is 1.30. The summed E-state index contributed by atoms with van der Waals surface area (Å²) < 4.78 is 0. The van der Waals surface area contributed by atoms with Crippen molar-refractivity contribution in [2.45, 2.75) is 18.7 Å². The predicted molar refractivity (Wildman–Crippen MR) is 91.2 cm³/mol. The molecule has 0 saturated carbocycles. The van der Waals surface area contributed by atoms with E-state index in [1.165, 1.54) is 19.1 Å². The minimum atomic E-state index is -0.527. The number of nitrogens with one attached hydrogen (secondary N) is 1. The van der Waals surface area contributed by atoms with Gasteiger partial charge in [0.25, 0.3) is 5.69 Å². The maximum absolute atomic E-state index is 11.2. The molecule has 1 atom stereocenters. The van der Waals surface area contributed by atoms with E-state index in [1.807, 2.05) is 12.1 Å². The maximum Gasteiger partial charge on any atom is 0.293 e. The number of carbonyl (C=O) groups is 1. The van der Waals surface area contributed by atoms with E-state index in [9.17, 15) is 14.9 Å². The molecule has 0 radical (unpaired) electrons. The van der Waals surface area contributed by atoms with E-state index in [1.54, 1.807) is 18.2 Å². The molecule has 2 aromatic rings. The number of rotatable bonds is 5. The molecule has 1 unspecified atom stereocenters. The van der Waals surface area contributed by atoms with Crippen LogP contribution in [0, 0.1) is 10.1 Å². The molecule has 0 aromatic heterocycles. The van der Waals surface area contributed by atoms with Crippen molar-refractivity contribution >= 4 is 40.5 Å². The Morgan fingerprint density at radius 2 is 1.91 bits per heavy atom. The van der Waals surface area contributed by atoms with Crippen molar-refractivity contribution in [1.82, 2.24) is 0 Å². The van der Waals surface area contributed by atoms with Crippen LogP contribution in [-0.4, -0.2) is 10.8 Å². The molecule has 2 rings (SSSR count). The van der Waals surface area contributed by atoms with Crippen molar-refractivity contribution in [1.29, 1.82) is 0 Å². The minimum Gasteiger partial charge on any atom is -0.321 e. The number of benzene rings is 2. The highest BCUT2D eigenvalue weighted by Gasteiger charge is 2.17. The molecule has 1 N–H and O–H groups in total. The molecule has 2 aromatic carbocycles. The highest BCUT2D eigenvalue weighted by Crippen LogP contribution is 2.30. The van der Waals surface area contributed by atoms with E-state index in [0.29, 0.717) is 17.0 Å². The van der Waals surface area contributed by atoms with Crippen molar-refractivity contribution in [3.05, 3.63) is 68.7 Å². The molecule has 0 aliphatic rings. The Morgan fingerprint density at radius 3 is 2.48 bits per heavy atom. The van der Waals surface area contributed by atoms with Crippen LogP contribution in [0.1, 0.15) is 23.4 Å². The predicted octanol–water partition coefficient (Wildman–Crippen LogP) is 4.73. The van der Waals surface area contributed by atoms with Crippen LogP contribution in [0.3, 0.4) is 0 Å². The number of halogens is 2. The zero-order valence-electron chi connectivity index (χ0n) is 12.3. The summed E-state index contributed by atoms with van der Waals surface area (Å²) >= 11 is 12.2. The van der Waals surface area contributed by atoms with Gasteiger partial charge in [-0.3, -0.25) is 14.9 Å². The second kappa shape index (κ2) is 7.44. The number of anilines is 1. The first-order valence-corrected chi connectivity index (χ1v) is 7.62. The lowest BCUT2D eigenvalue weighted by atomic mass is 10.0. The number of hydrogen-bond donors (Lipinski definition) is 1. The summed E-state index contributed by atoms with van der Waals surface area (Å²) in [5, 5.41) is 13.9. The average molecular weight is 353 g/mol. The molecule has 0 saturated heterocycles. The number of nitrogens with zero attached hydrogens (tertiary/aromatic N) is 1. The number of hydrogen-bond acceptors (Lipinski definition) is 3. The third-order valence-electron chi connectivity index (χ3n) is 3.22. The van der Waals surface area contributed by atoms with Gasteiger partial charge in [-0.1, -0.05) is 29.8 Å². The van der Waals surface area contributed by atoms with Gasteiger partial charge in [-0.15, -0.1) is 11.6 Å². The Hall–Kier alpha value is -2.11. The lowest BCUT2D eigenvalue weighted by molar-refractivity contribution is -0.384. The summed E-state index contributed by atoms with van der Waals surface area (Å²) in [5.74, 6) is -0.364. The quantitative estimate of drug-likeness (QED) is 0.480. The molecule has 7 heteroatoms. The molecule has 120 valence electrons. The van der Waals surface area contributed by atoms with E-state index in [0.717, 1.165) is 5.56 Å². The topological polar surface area (TPSA) is 72.2 Å². The largest absolute Gasteiger partial charge is 0.321 e. The van der Waals surface area contributed by atoms with Gasteiger partial charge in [0.05, 0.1) is 10.3 Å². The van der Waals surface area contributed by atoms with Gasteiger partial charge in [0, 0.05) is 18.0 Å². The van der Waals surface area contributed by atoms with E-state index in [2.05, 4.69) is 5.32 Å². The molecule has 0 spiro atoms. The zero-order valence-corrected chi connectivity index (χ0v) is 13.8.